The highest BCUT2D eigenvalue weighted by atomic mass is 19.2. The highest BCUT2D eigenvalue weighted by Gasteiger charge is 2.10. The Kier molecular flexibility index (Phi) is 5.37. The first kappa shape index (κ1) is 15.8. The molecule has 0 atom stereocenters. The summed E-state index contributed by atoms with van der Waals surface area (Å²) in [4.78, 5) is 16.0. The maximum atomic E-state index is 13.1. The van der Waals surface area contributed by atoms with Gasteiger partial charge >= 0.3 is 0 Å². The summed E-state index contributed by atoms with van der Waals surface area (Å²) in [5.74, 6) is -1.96. The molecule has 116 valence electrons. The predicted molar refractivity (Wildman–Crippen MR) is 78.9 cm³/mol. The van der Waals surface area contributed by atoms with Gasteiger partial charge < -0.3 is 15.4 Å². The molecule has 2 aromatic rings. The van der Waals surface area contributed by atoms with Crippen LogP contribution < -0.4 is 10.6 Å². The van der Waals surface area contributed by atoms with Gasteiger partial charge in [0.05, 0.1) is 18.5 Å². The highest BCUT2D eigenvalue weighted by Crippen LogP contribution is 2.13. The van der Waals surface area contributed by atoms with Crippen molar-refractivity contribution in [2.75, 3.05) is 30.9 Å². The molecule has 0 radical (unpaired) electrons. The largest absolute Gasteiger partial charge is 0.383 e. The fourth-order valence-corrected chi connectivity index (χ4v) is 1.69. The van der Waals surface area contributed by atoms with E-state index >= 15 is 0 Å². The minimum atomic E-state index is -1.07. The van der Waals surface area contributed by atoms with E-state index in [9.17, 15) is 13.6 Å². The molecule has 1 amide bonds. The molecule has 1 aromatic heterocycles. The van der Waals surface area contributed by atoms with Gasteiger partial charge in [-0.05, 0) is 30.3 Å². The van der Waals surface area contributed by atoms with E-state index in [0.29, 0.717) is 24.7 Å². The van der Waals surface area contributed by atoms with Gasteiger partial charge in [-0.2, -0.15) is 0 Å². The van der Waals surface area contributed by atoms with Crippen LogP contribution in [0.25, 0.3) is 0 Å². The summed E-state index contributed by atoms with van der Waals surface area (Å²) in [5.41, 5.74) is 0.480. The van der Waals surface area contributed by atoms with Gasteiger partial charge in [-0.3, -0.25) is 4.79 Å². The van der Waals surface area contributed by atoms with Crippen LogP contribution in [0.15, 0.2) is 36.5 Å². The molecule has 0 aliphatic carbocycles. The third-order valence-corrected chi connectivity index (χ3v) is 2.82. The monoisotopic (exact) mass is 307 g/mol. The molecule has 7 heteroatoms. The average Bonchev–Trinajstić information content (AvgIpc) is 2.52. The number of methoxy groups -OCH3 is 1. The van der Waals surface area contributed by atoms with Crippen LogP contribution in [-0.4, -0.2) is 31.2 Å². The number of carbonyl (C=O) groups is 1. The van der Waals surface area contributed by atoms with Crippen molar-refractivity contribution in [3.05, 3.63) is 53.7 Å². The van der Waals surface area contributed by atoms with Crippen LogP contribution in [0.3, 0.4) is 0 Å². The number of ether oxygens (including phenoxy) is 1. The number of anilines is 2. The Balaban J connectivity index is 1.97. The van der Waals surface area contributed by atoms with E-state index in [1.54, 1.807) is 19.2 Å². The third-order valence-electron chi connectivity index (χ3n) is 2.82. The predicted octanol–water partition coefficient (Wildman–Crippen LogP) is 2.67. The Labute approximate surface area is 126 Å². The molecule has 2 N–H and O–H groups in total. The molecule has 1 heterocycles. The highest BCUT2D eigenvalue weighted by molar-refractivity contribution is 6.04. The number of rotatable bonds is 6. The maximum Gasteiger partial charge on any atom is 0.255 e. The summed E-state index contributed by atoms with van der Waals surface area (Å²) in [6.45, 7) is 1.17. The molecule has 0 spiro atoms. The van der Waals surface area contributed by atoms with Gasteiger partial charge in [-0.1, -0.05) is 0 Å². The number of nitrogens with zero attached hydrogens (tertiary/aromatic N) is 1. The lowest BCUT2D eigenvalue weighted by Crippen LogP contribution is -2.13. The number of aromatic nitrogens is 1. The molecule has 0 aliphatic heterocycles. The van der Waals surface area contributed by atoms with Crippen molar-refractivity contribution in [2.45, 2.75) is 0 Å². The lowest BCUT2D eigenvalue weighted by molar-refractivity contribution is 0.102. The molecule has 0 bridgehead atoms. The summed E-state index contributed by atoms with van der Waals surface area (Å²) in [6, 6.07) is 6.31. The van der Waals surface area contributed by atoms with Crippen LogP contribution >= 0.6 is 0 Å². The van der Waals surface area contributed by atoms with Crippen LogP contribution in [0.4, 0.5) is 20.3 Å². The SMILES string of the molecule is COCCNc1ccc(NC(=O)c2ccc(F)c(F)c2)cn1. The van der Waals surface area contributed by atoms with E-state index in [2.05, 4.69) is 15.6 Å². The molecule has 0 aliphatic rings. The van der Waals surface area contributed by atoms with Crippen LogP contribution in [0, 0.1) is 11.6 Å². The van der Waals surface area contributed by atoms with Gasteiger partial charge in [-0.15, -0.1) is 0 Å². The Morgan fingerprint density at radius 1 is 1.23 bits per heavy atom. The second kappa shape index (κ2) is 7.46. The van der Waals surface area contributed by atoms with E-state index < -0.39 is 17.5 Å². The fourth-order valence-electron chi connectivity index (χ4n) is 1.69. The smallest absolute Gasteiger partial charge is 0.255 e. The van der Waals surface area contributed by atoms with Crippen LogP contribution in [0.5, 0.6) is 0 Å². The minimum Gasteiger partial charge on any atom is -0.383 e. The summed E-state index contributed by atoms with van der Waals surface area (Å²) in [6.07, 6.45) is 1.47. The third kappa shape index (κ3) is 4.23. The van der Waals surface area contributed by atoms with E-state index in [1.807, 2.05) is 0 Å². The average molecular weight is 307 g/mol. The second-order valence-electron chi connectivity index (χ2n) is 4.43. The molecule has 2 rings (SSSR count). The number of amides is 1. The zero-order valence-electron chi connectivity index (χ0n) is 11.9. The Morgan fingerprint density at radius 2 is 2.05 bits per heavy atom. The van der Waals surface area contributed by atoms with Crippen molar-refractivity contribution in [3.63, 3.8) is 0 Å². The molecule has 1 aromatic carbocycles. The molecular weight excluding hydrogens is 292 g/mol. The number of hydrogen-bond donors (Lipinski definition) is 2. The van der Waals surface area contributed by atoms with Crippen molar-refractivity contribution >= 4 is 17.4 Å². The van der Waals surface area contributed by atoms with Gasteiger partial charge in [0.25, 0.3) is 5.91 Å². The summed E-state index contributed by atoms with van der Waals surface area (Å²) in [7, 11) is 1.60. The number of benzene rings is 1. The summed E-state index contributed by atoms with van der Waals surface area (Å²) < 4.78 is 30.8. The zero-order valence-corrected chi connectivity index (χ0v) is 11.9. The number of hydrogen-bond acceptors (Lipinski definition) is 4. The van der Waals surface area contributed by atoms with Crippen LogP contribution in [0.2, 0.25) is 0 Å². The molecule has 0 saturated carbocycles. The van der Waals surface area contributed by atoms with Gasteiger partial charge in [0, 0.05) is 19.2 Å². The van der Waals surface area contributed by atoms with E-state index in [1.165, 1.54) is 12.3 Å². The quantitative estimate of drug-likeness (QED) is 0.805. The van der Waals surface area contributed by atoms with Gasteiger partial charge in [0.2, 0.25) is 0 Å². The Hall–Kier alpha value is -2.54. The van der Waals surface area contributed by atoms with Crippen LogP contribution in [-0.2, 0) is 4.74 Å². The van der Waals surface area contributed by atoms with Crippen molar-refractivity contribution in [2.24, 2.45) is 0 Å². The van der Waals surface area contributed by atoms with E-state index in [0.717, 1.165) is 12.1 Å². The first-order chi connectivity index (χ1) is 10.6. The van der Waals surface area contributed by atoms with E-state index in [4.69, 9.17) is 4.74 Å². The zero-order chi connectivity index (χ0) is 15.9. The fraction of sp³-hybridized carbons (Fsp3) is 0.200. The Bertz CT molecular complexity index is 648. The van der Waals surface area contributed by atoms with Crippen molar-refractivity contribution < 1.29 is 18.3 Å². The molecule has 0 saturated heterocycles. The molecule has 0 fully saturated rings. The molecular formula is C15H15F2N3O2. The molecule has 22 heavy (non-hydrogen) atoms. The lowest BCUT2D eigenvalue weighted by Gasteiger charge is -2.07. The number of nitrogens with one attached hydrogen (secondary N) is 2. The van der Waals surface area contributed by atoms with Crippen molar-refractivity contribution in [1.82, 2.24) is 4.98 Å². The normalized spacial score (nSPS) is 10.3. The maximum absolute atomic E-state index is 13.1. The van der Waals surface area contributed by atoms with Gasteiger partial charge in [0.1, 0.15) is 5.82 Å². The lowest BCUT2D eigenvalue weighted by atomic mass is 10.2. The number of pyridine rings is 1. The minimum absolute atomic E-state index is 0.0289. The first-order valence-electron chi connectivity index (χ1n) is 6.55. The van der Waals surface area contributed by atoms with Crippen molar-refractivity contribution in [3.8, 4) is 0 Å². The van der Waals surface area contributed by atoms with Crippen LogP contribution in [0.1, 0.15) is 10.4 Å². The number of carbonyl (C=O) groups excluding carboxylic acids is 1. The summed E-state index contributed by atoms with van der Waals surface area (Å²) >= 11 is 0. The molecule has 0 unspecified atom stereocenters. The standard InChI is InChI=1S/C15H15F2N3O2/c1-22-7-6-18-14-5-3-11(9-19-14)20-15(21)10-2-4-12(16)13(17)8-10/h2-5,8-9H,6-7H2,1H3,(H,18,19)(H,20,21). The topological polar surface area (TPSA) is 63.2 Å². The van der Waals surface area contributed by atoms with Crippen molar-refractivity contribution in [1.29, 1.82) is 0 Å². The van der Waals surface area contributed by atoms with Gasteiger partial charge in [0.15, 0.2) is 11.6 Å². The summed E-state index contributed by atoms with van der Waals surface area (Å²) in [5, 5.41) is 5.59. The second-order valence-corrected chi connectivity index (χ2v) is 4.43. The molecule has 5 nitrogen and oxygen atoms in total. The first-order valence-corrected chi connectivity index (χ1v) is 6.55. The Morgan fingerprint density at radius 3 is 2.68 bits per heavy atom. The van der Waals surface area contributed by atoms with E-state index in [-0.39, 0.29) is 5.56 Å². The van der Waals surface area contributed by atoms with Gasteiger partial charge in [-0.25, -0.2) is 13.8 Å². The number of halogens is 2.